The zero-order chi connectivity index (χ0) is 22.2. The van der Waals surface area contributed by atoms with Crippen molar-refractivity contribution in [2.24, 2.45) is 0 Å². The van der Waals surface area contributed by atoms with E-state index in [0.717, 1.165) is 5.56 Å². The standard InChI is InChI=1S/C21H32BFN2O4/c1-13-14(10-16(23)11-17(13)24)9-15(12-25-18(26)27-19(2,3)4)22-28-20(5,6)21(7,8)29-22/h9-11H,12,24H2,1-8H3,(H,25,26). The van der Waals surface area contributed by atoms with Gasteiger partial charge in [-0.25, -0.2) is 9.18 Å². The first-order chi connectivity index (χ1) is 13.1. The summed E-state index contributed by atoms with van der Waals surface area (Å²) in [5, 5.41) is 2.73. The molecule has 1 heterocycles. The third-order valence-electron chi connectivity index (χ3n) is 5.19. The molecular formula is C21H32BFN2O4. The molecular weight excluding hydrogens is 374 g/mol. The van der Waals surface area contributed by atoms with Gasteiger partial charge in [0.1, 0.15) is 11.4 Å². The quantitative estimate of drug-likeness (QED) is 0.577. The minimum atomic E-state index is -0.709. The van der Waals surface area contributed by atoms with Gasteiger partial charge in [-0.2, -0.15) is 0 Å². The summed E-state index contributed by atoms with van der Waals surface area (Å²) in [6.07, 6.45) is 1.18. The molecule has 0 bridgehead atoms. The second kappa shape index (κ2) is 7.99. The van der Waals surface area contributed by atoms with Crippen molar-refractivity contribution in [3.63, 3.8) is 0 Å². The van der Waals surface area contributed by atoms with Gasteiger partial charge in [0.2, 0.25) is 0 Å². The number of amides is 1. The predicted octanol–water partition coefficient (Wildman–Crippen LogP) is 4.26. The van der Waals surface area contributed by atoms with Crippen LogP contribution in [0.3, 0.4) is 0 Å². The van der Waals surface area contributed by atoms with E-state index in [0.29, 0.717) is 16.7 Å². The maximum atomic E-state index is 13.9. The van der Waals surface area contributed by atoms with Crippen LogP contribution in [-0.2, 0) is 14.0 Å². The first kappa shape index (κ1) is 23.2. The molecule has 0 unspecified atom stereocenters. The summed E-state index contributed by atoms with van der Waals surface area (Å²) in [6.45, 7) is 15.1. The van der Waals surface area contributed by atoms with Gasteiger partial charge in [0.05, 0.1) is 11.2 Å². The van der Waals surface area contributed by atoms with Crippen molar-refractivity contribution in [3.05, 3.63) is 34.5 Å². The summed E-state index contributed by atoms with van der Waals surface area (Å²) < 4.78 is 31.5. The molecule has 160 valence electrons. The lowest BCUT2D eigenvalue weighted by Crippen LogP contribution is -2.41. The van der Waals surface area contributed by atoms with E-state index >= 15 is 0 Å². The van der Waals surface area contributed by atoms with Gasteiger partial charge < -0.3 is 25.1 Å². The third-order valence-corrected chi connectivity index (χ3v) is 5.19. The summed E-state index contributed by atoms with van der Waals surface area (Å²) in [5.74, 6) is -0.437. The number of carbonyl (C=O) groups excluding carboxylic acids is 1. The second-order valence-corrected chi connectivity index (χ2v) is 9.37. The molecule has 0 aliphatic carbocycles. The predicted molar refractivity (Wildman–Crippen MR) is 114 cm³/mol. The summed E-state index contributed by atoms with van der Waals surface area (Å²) in [4.78, 5) is 12.1. The van der Waals surface area contributed by atoms with E-state index in [-0.39, 0.29) is 6.54 Å². The normalized spacial score (nSPS) is 18.7. The Morgan fingerprint density at radius 2 is 1.79 bits per heavy atom. The molecule has 1 amide bonds. The Balaban J connectivity index is 2.35. The van der Waals surface area contributed by atoms with E-state index in [1.54, 1.807) is 26.8 Å². The molecule has 2 rings (SSSR count). The number of anilines is 1. The van der Waals surface area contributed by atoms with Gasteiger partial charge in [-0.15, -0.1) is 0 Å². The number of carbonyl (C=O) groups is 1. The van der Waals surface area contributed by atoms with Crippen LogP contribution in [0.1, 0.15) is 59.6 Å². The molecule has 6 nitrogen and oxygen atoms in total. The van der Waals surface area contributed by atoms with Gasteiger partial charge in [-0.3, -0.25) is 0 Å². The van der Waals surface area contributed by atoms with Gasteiger partial charge in [-0.05, 0) is 84.1 Å². The van der Waals surface area contributed by atoms with Crippen molar-refractivity contribution in [3.8, 4) is 0 Å². The zero-order valence-electron chi connectivity index (χ0n) is 18.6. The van der Waals surface area contributed by atoms with Crippen LogP contribution in [0, 0.1) is 12.7 Å². The van der Waals surface area contributed by atoms with E-state index in [1.165, 1.54) is 12.1 Å². The molecule has 1 fully saturated rings. The number of benzene rings is 1. The van der Waals surface area contributed by atoms with Crippen molar-refractivity contribution < 1.29 is 23.2 Å². The fraction of sp³-hybridized carbons (Fsp3) is 0.571. The third kappa shape index (κ3) is 5.73. The maximum absolute atomic E-state index is 13.9. The van der Waals surface area contributed by atoms with Crippen LogP contribution in [0.25, 0.3) is 6.08 Å². The van der Waals surface area contributed by atoms with Crippen molar-refractivity contribution in [2.45, 2.75) is 72.2 Å². The molecule has 0 saturated carbocycles. The first-order valence-electron chi connectivity index (χ1n) is 9.70. The Morgan fingerprint density at radius 1 is 1.24 bits per heavy atom. The molecule has 1 aromatic carbocycles. The van der Waals surface area contributed by atoms with Gasteiger partial charge in [0.25, 0.3) is 0 Å². The largest absolute Gasteiger partial charge is 0.492 e. The molecule has 1 aliphatic rings. The highest BCUT2D eigenvalue weighted by atomic mass is 19.1. The molecule has 1 saturated heterocycles. The van der Waals surface area contributed by atoms with Gasteiger partial charge in [0.15, 0.2) is 0 Å². The van der Waals surface area contributed by atoms with E-state index in [4.69, 9.17) is 19.8 Å². The van der Waals surface area contributed by atoms with Crippen molar-refractivity contribution in [1.29, 1.82) is 0 Å². The van der Waals surface area contributed by atoms with E-state index in [2.05, 4.69) is 5.32 Å². The second-order valence-electron chi connectivity index (χ2n) is 9.37. The monoisotopic (exact) mass is 406 g/mol. The Hall–Kier alpha value is -2.06. The van der Waals surface area contributed by atoms with Crippen LogP contribution in [0.15, 0.2) is 17.6 Å². The van der Waals surface area contributed by atoms with Crippen LogP contribution in [0.4, 0.5) is 14.9 Å². The van der Waals surface area contributed by atoms with Crippen LogP contribution in [0.5, 0.6) is 0 Å². The van der Waals surface area contributed by atoms with Crippen molar-refractivity contribution in [2.75, 3.05) is 12.3 Å². The maximum Gasteiger partial charge on any atom is 0.492 e. The highest BCUT2D eigenvalue weighted by Crippen LogP contribution is 2.39. The SMILES string of the molecule is Cc1c(N)cc(F)cc1C=C(CNC(=O)OC(C)(C)C)B1OC(C)(C)C(C)(C)O1. The summed E-state index contributed by atoms with van der Waals surface area (Å²) in [6, 6.07) is 2.67. The molecule has 1 aliphatic heterocycles. The number of alkyl carbamates (subject to hydrolysis) is 1. The average molecular weight is 406 g/mol. The highest BCUT2D eigenvalue weighted by molar-refractivity contribution is 6.56. The minimum Gasteiger partial charge on any atom is -0.444 e. The van der Waals surface area contributed by atoms with Gasteiger partial charge in [0, 0.05) is 12.2 Å². The lowest BCUT2D eigenvalue weighted by atomic mass is 9.76. The zero-order valence-corrected chi connectivity index (χ0v) is 18.6. The Kier molecular flexibility index (Phi) is 6.40. The lowest BCUT2D eigenvalue weighted by molar-refractivity contribution is 0.00578. The fourth-order valence-electron chi connectivity index (χ4n) is 2.76. The molecule has 0 spiro atoms. The summed E-state index contributed by atoms with van der Waals surface area (Å²) in [5.41, 5.74) is 6.48. The molecule has 8 heteroatoms. The molecule has 29 heavy (non-hydrogen) atoms. The number of hydrogen-bond donors (Lipinski definition) is 2. The molecule has 0 aromatic heterocycles. The minimum absolute atomic E-state index is 0.113. The van der Waals surface area contributed by atoms with Crippen molar-refractivity contribution in [1.82, 2.24) is 5.32 Å². The van der Waals surface area contributed by atoms with Crippen LogP contribution in [-0.4, -0.2) is 36.6 Å². The number of nitrogen functional groups attached to an aromatic ring is 1. The molecule has 3 N–H and O–H groups in total. The highest BCUT2D eigenvalue weighted by Gasteiger charge is 2.52. The Morgan fingerprint density at radius 3 is 2.31 bits per heavy atom. The van der Waals surface area contributed by atoms with E-state index < -0.39 is 35.8 Å². The van der Waals surface area contributed by atoms with Crippen LogP contribution < -0.4 is 11.1 Å². The number of hydrogen-bond acceptors (Lipinski definition) is 5. The average Bonchev–Trinajstić information content (AvgIpc) is 2.74. The smallest absolute Gasteiger partial charge is 0.444 e. The summed E-state index contributed by atoms with van der Waals surface area (Å²) in [7, 11) is -0.709. The Bertz CT molecular complexity index is 800. The van der Waals surface area contributed by atoms with Gasteiger partial charge >= 0.3 is 13.2 Å². The molecule has 0 radical (unpaired) electrons. The molecule has 1 aromatic rings. The number of halogens is 1. The topological polar surface area (TPSA) is 82.8 Å². The van der Waals surface area contributed by atoms with E-state index in [9.17, 15) is 9.18 Å². The molecule has 0 atom stereocenters. The lowest BCUT2D eigenvalue weighted by Gasteiger charge is -2.32. The van der Waals surface area contributed by atoms with Gasteiger partial charge in [-0.1, -0.05) is 6.08 Å². The number of ether oxygens (including phenoxy) is 1. The van der Waals surface area contributed by atoms with Crippen molar-refractivity contribution >= 4 is 25.0 Å². The van der Waals surface area contributed by atoms with E-state index in [1.807, 2.05) is 34.6 Å². The summed E-state index contributed by atoms with van der Waals surface area (Å²) >= 11 is 0. The first-order valence-corrected chi connectivity index (χ1v) is 9.70. The number of nitrogens with one attached hydrogen (secondary N) is 1. The van der Waals surface area contributed by atoms with Crippen LogP contribution >= 0.6 is 0 Å². The Labute approximate surface area is 173 Å². The fourth-order valence-corrected chi connectivity index (χ4v) is 2.76. The number of rotatable bonds is 4. The van der Waals surface area contributed by atoms with Crippen LogP contribution in [0.2, 0.25) is 0 Å². The number of nitrogens with two attached hydrogens (primary N) is 1.